The van der Waals surface area contributed by atoms with Crippen molar-refractivity contribution in [2.45, 2.75) is 51.2 Å². The molecule has 0 amide bonds. The molecular weight excluding hydrogens is 469 g/mol. The number of rotatable bonds is 10. The molecule has 1 aromatic carbocycles. The predicted octanol–water partition coefficient (Wildman–Crippen LogP) is 3.73. The van der Waals surface area contributed by atoms with E-state index >= 15 is 0 Å². The van der Waals surface area contributed by atoms with Crippen LogP contribution in [0.15, 0.2) is 29.3 Å². The Labute approximate surface area is 186 Å². The highest BCUT2D eigenvalue weighted by molar-refractivity contribution is 14.0. The molecule has 1 aliphatic rings. The van der Waals surface area contributed by atoms with Crippen LogP contribution in [0.3, 0.4) is 0 Å². The van der Waals surface area contributed by atoms with Crippen molar-refractivity contribution >= 4 is 29.9 Å². The van der Waals surface area contributed by atoms with Crippen LogP contribution < -0.4 is 15.4 Å². The Balaban J connectivity index is 0.00000392. The van der Waals surface area contributed by atoms with Crippen LogP contribution in [0.5, 0.6) is 5.75 Å². The molecule has 0 atom stereocenters. The van der Waals surface area contributed by atoms with Crippen LogP contribution in [-0.4, -0.2) is 52.6 Å². The Kier molecular flexibility index (Phi) is 14.1. The van der Waals surface area contributed by atoms with E-state index in [4.69, 9.17) is 14.2 Å². The summed E-state index contributed by atoms with van der Waals surface area (Å²) in [4.78, 5) is 4.27. The maximum Gasteiger partial charge on any atom is 0.191 e. The molecule has 0 saturated heterocycles. The molecule has 28 heavy (non-hydrogen) atoms. The number of benzene rings is 1. The van der Waals surface area contributed by atoms with Crippen molar-refractivity contribution in [1.29, 1.82) is 0 Å². The summed E-state index contributed by atoms with van der Waals surface area (Å²) in [6.45, 7) is 3.35. The first kappa shape index (κ1) is 25.0. The monoisotopic (exact) mass is 505 g/mol. The fourth-order valence-electron chi connectivity index (χ4n) is 3.16. The first-order valence-corrected chi connectivity index (χ1v) is 10.1. The lowest BCUT2D eigenvalue weighted by Gasteiger charge is -2.17. The maximum absolute atomic E-state index is 6.01. The predicted molar refractivity (Wildman–Crippen MR) is 125 cm³/mol. The first-order chi connectivity index (χ1) is 13.3. The van der Waals surface area contributed by atoms with E-state index in [9.17, 15) is 0 Å². The third-order valence-electron chi connectivity index (χ3n) is 4.71. The van der Waals surface area contributed by atoms with Gasteiger partial charge in [-0.05, 0) is 30.5 Å². The van der Waals surface area contributed by atoms with Gasteiger partial charge in [0.2, 0.25) is 0 Å². The molecule has 6 nitrogen and oxygen atoms in total. The van der Waals surface area contributed by atoms with Gasteiger partial charge < -0.3 is 24.8 Å². The van der Waals surface area contributed by atoms with Crippen molar-refractivity contribution < 1.29 is 14.2 Å². The number of ether oxygens (including phenoxy) is 3. The highest BCUT2D eigenvalue weighted by Gasteiger charge is 2.12. The highest BCUT2D eigenvalue weighted by Crippen LogP contribution is 2.19. The maximum atomic E-state index is 6.01. The second-order valence-electron chi connectivity index (χ2n) is 6.82. The molecule has 1 aromatic rings. The number of hydrogen-bond acceptors (Lipinski definition) is 4. The van der Waals surface area contributed by atoms with Gasteiger partial charge in [-0.1, -0.05) is 37.8 Å². The second kappa shape index (κ2) is 15.8. The molecule has 1 saturated carbocycles. The molecule has 1 aliphatic carbocycles. The number of halogens is 1. The number of aliphatic imine (C=N–C) groups is 1. The van der Waals surface area contributed by atoms with E-state index < -0.39 is 0 Å². The Bertz CT molecular complexity index is 532. The van der Waals surface area contributed by atoms with Crippen molar-refractivity contribution in [2.24, 2.45) is 4.99 Å². The molecule has 0 bridgehead atoms. The van der Waals surface area contributed by atoms with Gasteiger partial charge >= 0.3 is 0 Å². The van der Waals surface area contributed by atoms with E-state index in [2.05, 4.69) is 27.8 Å². The molecule has 0 radical (unpaired) electrons. The zero-order chi connectivity index (χ0) is 19.2. The SMILES string of the molecule is CN=C(NCCOC1CCCCCC1)NCc1ccc(OCCOC)cc1.I. The first-order valence-electron chi connectivity index (χ1n) is 10.1. The number of nitrogens with one attached hydrogen (secondary N) is 2. The zero-order valence-corrected chi connectivity index (χ0v) is 19.6. The molecule has 7 heteroatoms. The van der Waals surface area contributed by atoms with Crippen LogP contribution in [0, 0.1) is 0 Å². The van der Waals surface area contributed by atoms with E-state index in [-0.39, 0.29) is 24.0 Å². The number of nitrogens with zero attached hydrogens (tertiary/aromatic N) is 1. The molecule has 1 fully saturated rings. The fraction of sp³-hybridized carbons (Fsp3) is 0.667. The molecule has 0 aliphatic heterocycles. The molecule has 160 valence electrons. The standard InChI is InChI=1S/C21H35N3O3.HI/c1-22-21(23-13-14-26-19-7-5-3-4-6-8-19)24-17-18-9-11-20(12-10-18)27-16-15-25-2;/h9-12,19H,3-8,13-17H2,1-2H3,(H2,22,23,24);1H. The van der Waals surface area contributed by atoms with Gasteiger partial charge in [-0.15, -0.1) is 24.0 Å². The minimum atomic E-state index is 0. The zero-order valence-electron chi connectivity index (χ0n) is 17.2. The molecule has 0 spiro atoms. The average molecular weight is 505 g/mol. The van der Waals surface area contributed by atoms with Crippen molar-refractivity contribution in [3.8, 4) is 5.75 Å². The van der Waals surface area contributed by atoms with Crippen LogP contribution in [0.4, 0.5) is 0 Å². The summed E-state index contributed by atoms with van der Waals surface area (Å²) in [6, 6.07) is 8.06. The highest BCUT2D eigenvalue weighted by atomic mass is 127. The average Bonchev–Trinajstić information content (AvgIpc) is 2.97. The van der Waals surface area contributed by atoms with Crippen LogP contribution >= 0.6 is 24.0 Å². The Morgan fingerprint density at radius 3 is 2.36 bits per heavy atom. The minimum absolute atomic E-state index is 0. The summed E-state index contributed by atoms with van der Waals surface area (Å²) in [6.07, 6.45) is 8.17. The third-order valence-corrected chi connectivity index (χ3v) is 4.71. The van der Waals surface area contributed by atoms with Crippen molar-refractivity contribution in [2.75, 3.05) is 40.5 Å². The second-order valence-corrected chi connectivity index (χ2v) is 6.82. The lowest BCUT2D eigenvalue weighted by Crippen LogP contribution is -2.38. The van der Waals surface area contributed by atoms with Crippen molar-refractivity contribution in [1.82, 2.24) is 10.6 Å². The van der Waals surface area contributed by atoms with E-state index in [1.807, 2.05) is 12.1 Å². The lowest BCUT2D eigenvalue weighted by molar-refractivity contribution is 0.0468. The minimum Gasteiger partial charge on any atom is -0.491 e. The summed E-state index contributed by atoms with van der Waals surface area (Å²) in [5.41, 5.74) is 1.17. The summed E-state index contributed by atoms with van der Waals surface area (Å²) in [5.74, 6) is 1.65. The van der Waals surface area contributed by atoms with Gasteiger partial charge in [-0.25, -0.2) is 0 Å². The lowest BCUT2D eigenvalue weighted by atomic mass is 10.1. The smallest absolute Gasteiger partial charge is 0.191 e. The van der Waals surface area contributed by atoms with Gasteiger partial charge in [0, 0.05) is 27.2 Å². The summed E-state index contributed by atoms with van der Waals surface area (Å²) in [7, 11) is 3.46. The topological polar surface area (TPSA) is 64.1 Å². The molecular formula is C21H36IN3O3. The Hall–Kier alpha value is -1.06. The number of methoxy groups -OCH3 is 1. The number of guanidine groups is 1. The fourth-order valence-corrected chi connectivity index (χ4v) is 3.16. The Morgan fingerprint density at radius 1 is 1.00 bits per heavy atom. The van der Waals surface area contributed by atoms with Crippen molar-refractivity contribution in [3.63, 3.8) is 0 Å². The van der Waals surface area contributed by atoms with Gasteiger partial charge in [0.15, 0.2) is 5.96 Å². The van der Waals surface area contributed by atoms with E-state index in [0.717, 1.165) is 24.9 Å². The van der Waals surface area contributed by atoms with Gasteiger partial charge in [-0.3, -0.25) is 4.99 Å². The summed E-state index contributed by atoms with van der Waals surface area (Å²) < 4.78 is 16.6. The normalized spacial score (nSPS) is 15.4. The van der Waals surface area contributed by atoms with Crippen LogP contribution in [0.1, 0.15) is 44.1 Å². The molecule has 2 N–H and O–H groups in total. The van der Waals surface area contributed by atoms with Crippen molar-refractivity contribution in [3.05, 3.63) is 29.8 Å². The Morgan fingerprint density at radius 2 is 1.71 bits per heavy atom. The largest absolute Gasteiger partial charge is 0.491 e. The molecule has 0 heterocycles. The molecule has 0 aromatic heterocycles. The van der Waals surface area contributed by atoms with Crippen LogP contribution in [0.25, 0.3) is 0 Å². The number of hydrogen-bond donors (Lipinski definition) is 2. The van der Waals surface area contributed by atoms with Gasteiger partial charge in [-0.2, -0.15) is 0 Å². The molecule has 2 rings (SSSR count). The summed E-state index contributed by atoms with van der Waals surface area (Å²) >= 11 is 0. The molecule has 0 unspecified atom stereocenters. The van der Waals surface area contributed by atoms with Gasteiger partial charge in [0.05, 0.1) is 19.3 Å². The third kappa shape index (κ3) is 10.5. The van der Waals surface area contributed by atoms with Crippen LogP contribution in [0.2, 0.25) is 0 Å². The van der Waals surface area contributed by atoms with Crippen LogP contribution in [-0.2, 0) is 16.0 Å². The van der Waals surface area contributed by atoms with Gasteiger partial charge in [0.25, 0.3) is 0 Å². The quantitative estimate of drug-likeness (QED) is 0.167. The van der Waals surface area contributed by atoms with E-state index in [1.165, 1.54) is 44.1 Å². The summed E-state index contributed by atoms with van der Waals surface area (Å²) in [5, 5.41) is 6.64. The van der Waals surface area contributed by atoms with E-state index in [0.29, 0.717) is 25.9 Å². The van der Waals surface area contributed by atoms with E-state index in [1.54, 1.807) is 14.2 Å². The van der Waals surface area contributed by atoms with Gasteiger partial charge in [0.1, 0.15) is 12.4 Å².